The van der Waals surface area contributed by atoms with Crippen molar-refractivity contribution >= 4 is 28.3 Å². The summed E-state index contributed by atoms with van der Waals surface area (Å²) >= 11 is 0. The van der Waals surface area contributed by atoms with E-state index in [9.17, 15) is 0 Å². The molecule has 0 fully saturated rings. The summed E-state index contributed by atoms with van der Waals surface area (Å²) in [7, 11) is 0. The van der Waals surface area contributed by atoms with Crippen LogP contribution in [0.2, 0.25) is 0 Å². The second-order valence-corrected chi connectivity index (χ2v) is 26.3. The molecule has 0 unspecified atom stereocenters. The van der Waals surface area contributed by atoms with Crippen LogP contribution in [0, 0.1) is 5.41 Å². The van der Waals surface area contributed by atoms with Crippen LogP contribution in [0.1, 0.15) is 154 Å². The van der Waals surface area contributed by atoms with Gasteiger partial charge in [-0.15, -0.1) is 0 Å². The molecule has 386 valence electrons. The molecule has 7 aromatic carbocycles. The first-order chi connectivity index (χ1) is 35.8. The zero-order valence-electron chi connectivity index (χ0n) is 48.3. The molecule has 7 aromatic rings. The fourth-order valence-corrected chi connectivity index (χ4v) is 12.5. The SMILES string of the molecule is C=C(/C=C\C(=C)C(C)(C)C)N(CC=C1/C(=C\C)c2c(cc(N(c3ccc(C(C)(C)C)cc3)c3ccc(C(C)(C)C)cc3)c3c2C(C)(C)c2ccccc2-3)C12c1ccccc1-c1ccccc12)c1ccc(C(C)(C)C)cc1. The minimum atomic E-state index is -0.656. The van der Waals surface area contributed by atoms with E-state index in [0.29, 0.717) is 6.54 Å². The Morgan fingerprint density at radius 1 is 0.500 bits per heavy atom. The molecule has 3 aliphatic carbocycles. The molecule has 0 saturated carbocycles. The zero-order chi connectivity index (χ0) is 54.5. The van der Waals surface area contributed by atoms with Gasteiger partial charge in [-0.25, -0.2) is 0 Å². The fraction of sp³-hybridized carbons (Fsp3) is 0.297. The third-order valence-electron chi connectivity index (χ3n) is 16.9. The van der Waals surface area contributed by atoms with E-state index in [1.165, 1.54) is 89.2 Å². The van der Waals surface area contributed by atoms with Gasteiger partial charge in [-0.05, 0) is 161 Å². The number of benzene rings is 7. The number of allylic oxidation sites excluding steroid dienone is 6. The van der Waals surface area contributed by atoms with Gasteiger partial charge in [0.05, 0.1) is 11.1 Å². The van der Waals surface area contributed by atoms with Gasteiger partial charge in [-0.1, -0.05) is 238 Å². The number of rotatable bonds is 9. The number of nitrogens with zero attached hydrogens (tertiary/aromatic N) is 2. The van der Waals surface area contributed by atoms with Crippen molar-refractivity contribution in [3.05, 3.63) is 256 Å². The third kappa shape index (κ3) is 8.57. The van der Waals surface area contributed by atoms with Crippen LogP contribution in [0.3, 0.4) is 0 Å². The lowest BCUT2D eigenvalue weighted by Crippen LogP contribution is -2.28. The van der Waals surface area contributed by atoms with Gasteiger partial charge in [0, 0.05) is 40.3 Å². The van der Waals surface area contributed by atoms with E-state index < -0.39 is 5.41 Å². The average molecular weight is 997 g/mol. The monoisotopic (exact) mass is 997 g/mol. The third-order valence-corrected chi connectivity index (χ3v) is 16.9. The van der Waals surface area contributed by atoms with Crippen molar-refractivity contribution in [2.24, 2.45) is 5.41 Å². The molecule has 3 aliphatic rings. The summed E-state index contributed by atoms with van der Waals surface area (Å²) in [5.41, 5.74) is 25.2. The summed E-state index contributed by atoms with van der Waals surface area (Å²) in [5.74, 6) is 0. The molecular weight excluding hydrogens is 917 g/mol. The lowest BCUT2D eigenvalue weighted by atomic mass is 9.69. The van der Waals surface area contributed by atoms with Crippen LogP contribution in [0.25, 0.3) is 27.8 Å². The largest absolute Gasteiger partial charge is 0.338 e. The highest BCUT2D eigenvalue weighted by atomic mass is 15.1. The van der Waals surface area contributed by atoms with E-state index in [4.69, 9.17) is 6.58 Å². The van der Waals surface area contributed by atoms with Gasteiger partial charge >= 0.3 is 0 Å². The first kappa shape index (κ1) is 52.3. The van der Waals surface area contributed by atoms with E-state index in [0.717, 1.165) is 28.3 Å². The molecule has 0 aliphatic heterocycles. The highest BCUT2D eigenvalue weighted by molar-refractivity contribution is 6.07. The normalized spacial score (nSPS) is 16.2. The maximum atomic E-state index is 4.81. The van der Waals surface area contributed by atoms with Crippen LogP contribution in [0.15, 0.2) is 206 Å². The predicted octanol–water partition coefficient (Wildman–Crippen LogP) is 20.2. The van der Waals surface area contributed by atoms with Crippen LogP contribution in [-0.4, -0.2) is 6.54 Å². The van der Waals surface area contributed by atoms with Crippen LogP contribution in [-0.2, 0) is 27.1 Å². The molecule has 10 rings (SSSR count). The molecule has 0 atom stereocenters. The molecule has 0 bridgehead atoms. The fourth-order valence-electron chi connectivity index (χ4n) is 12.5. The van der Waals surface area contributed by atoms with Crippen molar-refractivity contribution in [2.45, 2.75) is 131 Å². The summed E-state index contributed by atoms with van der Waals surface area (Å²) in [6.45, 7) is 44.4. The molecule has 0 N–H and O–H groups in total. The Labute approximate surface area is 457 Å². The topological polar surface area (TPSA) is 6.48 Å². The Morgan fingerprint density at radius 2 is 0.934 bits per heavy atom. The summed E-state index contributed by atoms with van der Waals surface area (Å²) in [6, 6.07) is 58.2. The molecule has 0 saturated heterocycles. The molecule has 2 heteroatoms. The Kier molecular flexibility index (Phi) is 12.8. The second-order valence-electron chi connectivity index (χ2n) is 26.3. The smallest absolute Gasteiger partial charge is 0.0723 e. The Hall–Kier alpha value is -7.16. The Morgan fingerprint density at radius 3 is 1.38 bits per heavy atom. The highest BCUT2D eigenvalue weighted by Gasteiger charge is 2.56. The standard InChI is InChI=1S/C74H80N2/c1-18-56-63(45-46-75(49(3)32-31-48(2)69(4,5)6)53-39-33-50(34-40-53)70(7,8)9)74(61-29-23-19-25-57(61)58-26-20-24-30-62(58)74)64-47-65(67-59-27-21-22-28-60(59)73(16,17)68(67)66(56)64)76(54-41-35-51(36-42-54)71(10,11)12)55-43-37-52(38-44-55)72(13,14)15/h18-45,47H,2-3,46H2,1,4-17H3/b32-31-,56-18+,63-45?. The van der Waals surface area contributed by atoms with Crippen LogP contribution >= 0.6 is 0 Å². The summed E-state index contributed by atoms with van der Waals surface area (Å²) in [5, 5.41) is 0. The lowest BCUT2D eigenvalue weighted by Gasteiger charge is -2.35. The summed E-state index contributed by atoms with van der Waals surface area (Å²) in [6.07, 6.45) is 9.29. The second kappa shape index (κ2) is 18.5. The van der Waals surface area contributed by atoms with Crippen molar-refractivity contribution in [1.82, 2.24) is 0 Å². The minimum Gasteiger partial charge on any atom is -0.338 e. The number of fused-ring (bicyclic) bond motifs is 11. The summed E-state index contributed by atoms with van der Waals surface area (Å²) in [4.78, 5) is 4.96. The lowest BCUT2D eigenvalue weighted by molar-refractivity contribution is 0.519. The van der Waals surface area contributed by atoms with Gasteiger partial charge in [-0.3, -0.25) is 0 Å². The Bertz CT molecular complexity index is 3420. The van der Waals surface area contributed by atoms with E-state index >= 15 is 0 Å². The molecule has 0 radical (unpaired) electrons. The van der Waals surface area contributed by atoms with Gasteiger partial charge in [-0.2, -0.15) is 0 Å². The maximum Gasteiger partial charge on any atom is 0.0723 e. The van der Waals surface area contributed by atoms with Crippen molar-refractivity contribution in [3.63, 3.8) is 0 Å². The average Bonchev–Trinajstić information content (AvgIpc) is 4.03. The number of anilines is 4. The Balaban J connectivity index is 1.30. The molecule has 0 aromatic heterocycles. The van der Waals surface area contributed by atoms with Crippen molar-refractivity contribution in [2.75, 3.05) is 16.3 Å². The molecule has 0 amide bonds. The van der Waals surface area contributed by atoms with Gasteiger partial charge in [0.2, 0.25) is 0 Å². The van der Waals surface area contributed by atoms with Gasteiger partial charge in [0.1, 0.15) is 0 Å². The predicted molar refractivity (Wildman–Crippen MR) is 329 cm³/mol. The molecule has 1 spiro atoms. The molecule has 76 heavy (non-hydrogen) atoms. The summed E-state index contributed by atoms with van der Waals surface area (Å²) < 4.78 is 0. The number of hydrogen-bond donors (Lipinski definition) is 0. The zero-order valence-corrected chi connectivity index (χ0v) is 48.3. The van der Waals surface area contributed by atoms with Gasteiger partial charge in [0.15, 0.2) is 0 Å². The maximum absolute atomic E-state index is 4.81. The van der Waals surface area contributed by atoms with E-state index in [1.54, 1.807) is 0 Å². The van der Waals surface area contributed by atoms with E-state index in [1.807, 2.05) is 0 Å². The first-order valence-electron chi connectivity index (χ1n) is 27.6. The van der Waals surface area contributed by atoms with Crippen molar-refractivity contribution in [1.29, 1.82) is 0 Å². The van der Waals surface area contributed by atoms with Crippen LogP contribution in [0.5, 0.6) is 0 Å². The van der Waals surface area contributed by atoms with E-state index in [2.05, 4.69) is 296 Å². The van der Waals surface area contributed by atoms with Crippen LogP contribution in [0.4, 0.5) is 22.7 Å². The number of hydrogen-bond acceptors (Lipinski definition) is 2. The van der Waals surface area contributed by atoms with Gasteiger partial charge in [0.25, 0.3) is 0 Å². The first-order valence-corrected chi connectivity index (χ1v) is 27.6. The molecule has 2 nitrogen and oxygen atoms in total. The van der Waals surface area contributed by atoms with Crippen LogP contribution < -0.4 is 9.80 Å². The molecular formula is C74H80N2. The van der Waals surface area contributed by atoms with E-state index in [-0.39, 0.29) is 27.1 Å². The highest BCUT2D eigenvalue weighted by Crippen LogP contribution is 2.68. The minimum absolute atomic E-state index is 0.00584. The molecule has 0 heterocycles. The quantitative estimate of drug-likeness (QED) is 0.133. The van der Waals surface area contributed by atoms with Crippen molar-refractivity contribution < 1.29 is 0 Å². The van der Waals surface area contributed by atoms with Gasteiger partial charge < -0.3 is 9.80 Å². The van der Waals surface area contributed by atoms with Crippen molar-refractivity contribution in [3.8, 4) is 22.3 Å².